The molecule has 10 nitrogen and oxygen atoms in total. The van der Waals surface area contributed by atoms with Crippen LogP contribution in [0.15, 0.2) is 36.7 Å². The molecule has 2 aromatic heterocycles. The van der Waals surface area contributed by atoms with E-state index in [1.807, 2.05) is 22.8 Å². The summed E-state index contributed by atoms with van der Waals surface area (Å²) >= 11 is 0. The summed E-state index contributed by atoms with van der Waals surface area (Å²) in [6.45, 7) is 35.1. The van der Waals surface area contributed by atoms with Crippen molar-refractivity contribution in [1.29, 1.82) is 0 Å². The van der Waals surface area contributed by atoms with Crippen LogP contribution in [0, 0.1) is 0 Å². The van der Waals surface area contributed by atoms with Gasteiger partial charge in [-0.25, -0.2) is 4.98 Å². The summed E-state index contributed by atoms with van der Waals surface area (Å²) in [5, 5.41) is 3.43. The number of rotatable bonds is 11. The summed E-state index contributed by atoms with van der Waals surface area (Å²) in [5.74, 6) is 0.735. The normalized spacial score (nSPS) is 21.6. The lowest BCUT2D eigenvalue weighted by Crippen LogP contribution is -2.54. The number of aromatic nitrogens is 4. The van der Waals surface area contributed by atoms with E-state index in [0.717, 1.165) is 5.56 Å². The van der Waals surface area contributed by atoms with Crippen LogP contribution in [-0.2, 0) is 24.6 Å². The lowest BCUT2D eigenvalue weighted by molar-refractivity contribution is -0.0470. The molecule has 0 spiro atoms. The number of nitrogens with zero attached hydrogens (tertiary/aromatic N) is 4. The maximum Gasteiger partial charge on any atom is 0.224 e. The van der Waals surface area contributed by atoms with Gasteiger partial charge in [0.2, 0.25) is 5.95 Å². The van der Waals surface area contributed by atoms with E-state index in [9.17, 15) is 0 Å². The van der Waals surface area contributed by atoms with Crippen LogP contribution in [0.5, 0.6) is 0 Å². The molecule has 3 aromatic rings. The highest BCUT2D eigenvalue weighted by molar-refractivity contribution is 6.75. The first-order chi connectivity index (χ1) is 21.8. The fraction of sp³-hybridized carbons (Fsp3) is 0.686. The summed E-state index contributed by atoms with van der Waals surface area (Å²) in [6, 6.07) is 10.2. The Morgan fingerprint density at radius 2 is 1.33 bits per heavy atom. The molecule has 3 N–H and O–H groups in total. The van der Waals surface area contributed by atoms with Gasteiger partial charge in [0.25, 0.3) is 0 Å². The second-order valence-electron chi connectivity index (χ2n) is 17.9. The molecule has 4 atom stereocenters. The van der Waals surface area contributed by atoms with Gasteiger partial charge in [-0.3, -0.25) is 4.57 Å². The minimum absolute atomic E-state index is 0.0137. The molecule has 0 amide bonds. The van der Waals surface area contributed by atoms with Crippen molar-refractivity contribution in [2.45, 2.75) is 148 Å². The molecule has 1 fully saturated rings. The summed E-state index contributed by atoms with van der Waals surface area (Å²) in [6.07, 6.45) is 0.0625. The number of benzene rings is 1. The van der Waals surface area contributed by atoms with Gasteiger partial charge in [-0.2, -0.15) is 9.97 Å². The van der Waals surface area contributed by atoms with E-state index in [1.54, 1.807) is 6.33 Å². The molecule has 0 unspecified atom stereocenters. The summed E-state index contributed by atoms with van der Waals surface area (Å²) in [7, 11) is -6.71. The van der Waals surface area contributed by atoms with Crippen LogP contribution in [0.25, 0.3) is 11.2 Å². The molecule has 1 aliphatic rings. The Bertz CT molecular complexity index is 1540. The van der Waals surface area contributed by atoms with Crippen molar-refractivity contribution in [2.75, 3.05) is 17.7 Å². The minimum Gasteiger partial charge on any atom is -0.414 e. The molecule has 3 heterocycles. The van der Waals surface area contributed by atoms with Crippen molar-refractivity contribution in [1.82, 2.24) is 19.5 Å². The van der Waals surface area contributed by atoms with Crippen LogP contribution in [-0.4, -0.2) is 69.4 Å². The van der Waals surface area contributed by atoms with E-state index in [0.29, 0.717) is 30.1 Å². The van der Waals surface area contributed by atoms with Gasteiger partial charge in [0.15, 0.2) is 48.2 Å². The first-order valence-corrected chi connectivity index (χ1v) is 26.0. The van der Waals surface area contributed by atoms with Crippen molar-refractivity contribution in [3.05, 3.63) is 42.2 Å². The minimum atomic E-state index is -2.33. The number of fused-ring (bicyclic) bond motifs is 1. The lowest BCUT2D eigenvalue weighted by Gasteiger charge is -2.44. The molecule has 0 aliphatic carbocycles. The largest absolute Gasteiger partial charge is 0.414 e. The molecule has 48 heavy (non-hydrogen) atoms. The average molecular weight is 715 g/mol. The molecule has 0 radical (unpaired) electrons. The first-order valence-electron chi connectivity index (χ1n) is 17.3. The highest BCUT2D eigenvalue weighted by Gasteiger charge is 2.55. The van der Waals surface area contributed by atoms with E-state index >= 15 is 0 Å². The van der Waals surface area contributed by atoms with Crippen LogP contribution in [0.1, 0.15) is 74.1 Å². The monoisotopic (exact) mass is 714 g/mol. The Morgan fingerprint density at radius 3 is 1.88 bits per heavy atom. The maximum atomic E-state index is 7.34. The zero-order chi connectivity index (χ0) is 36.1. The number of nitrogen functional groups attached to an aromatic ring is 1. The van der Waals surface area contributed by atoms with E-state index < -0.39 is 37.3 Å². The molecule has 1 aliphatic heterocycles. The van der Waals surface area contributed by atoms with E-state index in [-0.39, 0.29) is 33.3 Å². The molecule has 268 valence electrons. The fourth-order valence-corrected chi connectivity index (χ4v) is 8.52. The Labute approximate surface area is 292 Å². The van der Waals surface area contributed by atoms with E-state index in [1.165, 1.54) is 0 Å². The molecule has 13 heteroatoms. The van der Waals surface area contributed by atoms with Gasteiger partial charge in [-0.1, -0.05) is 92.6 Å². The molecule has 1 aromatic carbocycles. The summed E-state index contributed by atoms with van der Waals surface area (Å²) in [4.78, 5) is 14.1. The van der Waals surface area contributed by atoms with Crippen molar-refractivity contribution in [3.8, 4) is 0 Å². The summed E-state index contributed by atoms with van der Waals surface area (Å²) in [5.41, 5.74) is 8.67. The molecular weight excluding hydrogens is 653 g/mol. The Kier molecular flexibility index (Phi) is 10.9. The molecule has 4 rings (SSSR count). The lowest BCUT2D eigenvalue weighted by atomic mass is 10.1. The van der Waals surface area contributed by atoms with Crippen molar-refractivity contribution < 1.29 is 18.0 Å². The van der Waals surface area contributed by atoms with Crippen LogP contribution in [0.2, 0.25) is 54.4 Å². The number of hydrogen-bond acceptors (Lipinski definition) is 9. The fourth-order valence-electron chi connectivity index (χ4n) is 4.90. The number of anilines is 2. The summed E-state index contributed by atoms with van der Waals surface area (Å²) < 4.78 is 30.5. The second-order valence-corrected chi connectivity index (χ2v) is 32.2. The second kappa shape index (κ2) is 13.5. The smallest absolute Gasteiger partial charge is 0.224 e. The van der Waals surface area contributed by atoms with Gasteiger partial charge in [0, 0.05) is 6.54 Å². The highest BCUT2D eigenvalue weighted by Crippen LogP contribution is 2.47. The van der Waals surface area contributed by atoms with Crippen molar-refractivity contribution in [2.24, 2.45) is 0 Å². The first kappa shape index (κ1) is 38.7. The zero-order valence-electron chi connectivity index (χ0n) is 32.2. The van der Waals surface area contributed by atoms with E-state index in [4.69, 9.17) is 33.7 Å². The Morgan fingerprint density at radius 1 is 0.792 bits per heavy atom. The molecular formula is C35H62N6O4Si3. The van der Waals surface area contributed by atoms with Gasteiger partial charge < -0.3 is 29.1 Å². The standard InChI is InChI=1S/C35H62N6O4Si3/c1-33(2,3)46(10,11)42-22-25-27(44-47(12,13)34(4,5)6)28(45-48(14,15)35(7,8)9)31(43-25)41-23-38-26-29(39-32(36)40-30(26)41)37-21-24-19-17-16-18-20-24/h16-20,23,25,27-28,31H,21-22H2,1-15H3,(H3,36,37,39,40)/t25-,27-,28-,31-/m1/s1. The maximum absolute atomic E-state index is 7.34. The van der Waals surface area contributed by atoms with Gasteiger partial charge >= 0.3 is 0 Å². The van der Waals surface area contributed by atoms with Crippen molar-refractivity contribution in [3.63, 3.8) is 0 Å². The third-order valence-corrected chi connectivity index (χ3v) is 24.6. The molecule has 0 bridgehead atoms. The highest BCUT2D eigenvalue weighted by atomic mass is 28.4. The predicted octanol–water partition coefficient (Wildman–Crippen LogP) is 8.72. The average Bonchev–Trinajstić information content (AvgIpc) is 3.50. The zero-order valence-corrected chi connectivity index (χ0v) is 35.2. The number of nitrogens with one attached hydrogen (secondary N) is 1. The molecule has 0 saturated carbocycles. The third kappa shape index (κ3) is 8.24. The van der Waals surface area contributed by atoms with E-state index in [2.05, 4.69) is 124 Å². The number of imidazole rings is 1. The topological polar surface area (TPSA) is 119 Å². The van der Waals surface area contributed by atoms with Gasteiger partial charge in [0.05, 0.1) is 12.9 Å². The molecule has 1 saturated heterocycles. The van der Waals surface area contributed by atoms with Gasteiger partial charge in [-0.05, 0) is 60.0 Å². The SMILES string of the molecule is CC(C)(C)[Si](C)(C)OC[C@H]1O[C@@H](n2cnc3c(NCc4ccccc4)nc(N)nc32)[C@H](O[Si](C)(C)C(C)(C)C)[C@@H]1O[Si](C)(C)C(C)(C)C. The number of nitrogens with two attached hydrogens (primary N) is 1. The van der Waals surface area contributed by atoms with Crippen LogP contribution >= 0.6 is 0 Å². The number of ether oxygens (including phenoxy) is 1. The van der Waals surface area contributed by atoms with Gasteiger partial charge in [0.1, 0.15) is 18.3 Å². The Balaban J connectivity index is 1.82. The van der Waals surface area contributed by atoms with Crippen LogP contribution < -0.4 is 11.1 Å². The number of hydrogen-bond donors (Lipinski definition) is 2. The Hall–Kier alpha value is -2.14. The van der Waals surface area contributed by atoms with Crippen LogP contribution in [0.3, 0.4) is 0 Å². The third-order valence-electron chi connectivity index (χ3n) is 11.2. The van der Waals surface area contributed by atoms with Gasteiger partial charge in [-0.15, -0.1) is 0 Å². The van der Waals surface area contributed by atoms with Crippen LogP contribution in [0.4, 0.5) is 11.8 Å². The predicted molar refractivity (Wildman–Crippen MR) is 205 cm³/mol. The van der Waals surface area contributed by atoms with Crippen molar-refractivity contribution >= 4 is 47.9 Å². The quantitative estimate of drug-likeness (QED) is 0.188.